The molecule has 1 atom stereocenters. The van der Waals surface area contributed by atoms with Crippen LogP contribution in [0.1, 0.15) is 24.1 Å². The lowest BCUT2D eigenvalue weighted by molar-refractivity contribution is -0.136. The minimum Gasteiger partial charge on any atom is -0.378 e. The third-order valence-electron chi connectivity index (χ3n) is 5.94. The summed E-state index contributed by atoms with van der Waals surface area (Å²) in [6.45, 7) is 10.7. The summed E-state index contributed by atoms with van der Waals surface area (Å²) in [5.74, 6) is 1.19. The molecular formula is C22H31N5O2. The number of hydrogen-bond donors (Lipinski definition) is 1. The molecule has 0 radical (unpaired) electrons. The monoisotopic (exact) mass is 397 g/mol. The van der Waals surface area contributed by atoms with Crippen molar-refractivity contribution in [1.29, 1.82) is 0 Å². The summed E-state index contributed by atoms with van der Waals surface area (Å²) in [4.78, 5) is 24.0. The first-order valence-corrected chi connectivity index (χ1v) is 10.5. The minimum absolute atomic E-state index is 0.0802. The molecule has 0 saturated carbocycles. The zero-order chi connectivity index (χ0) is 20.4. The van der Waals surface area contributed by atoms with Crippen LogP contribution in [-0.2, 0) is 9.53 Å². The molecule has 0 spiro atoms. The second kappa shape index (κ2) is 8.65. The molecule has 2 aliphatic rings. The predicted octanol–water partition coefficient (Wildman–Crippen LogP) is 1.54. The van der Waals surface area contributed by atoms with Crippen molar-refractivity contribution >= 4 is 22.6 Å². The summed E-state index contributed by atoms with van der Waals surface area (Å²) in [5, 5.41) is 1.13. The Morgan fingerprint density at radius 3 is 2.59 bits per heavy atom. The van der Waals surface area contributed by atoms with Gasteiger partial charge in [0.2, 0.25) is 5.91 Å². The van der Waals surface area contributed by atoms with Crippen LogP contribution in [0.15, 0.2) is 24.3 Å². The van der Waals surface area contributed by atoms with E-state index in [2.05, 4.69) is 41.0 Å². The molecule has 1 unspecified atom stereocenters. The molecule has 2 aliphatic heterocycles. The molecule has 3 heterocycles. The van der Waals surface area contributed by atoms with Gasteiger partial charge in [0.15, 0.2) is 0 Å². The SMILES string of the molecule is Cc1cccc2cc(C(C)N)c(N3CCN(CC(=O)N4CCOCC4)CC3)nc12. The molecule has 1 aromatic heterocycles. The number of morpholine rings is 1. The van der Waals surface area contributed by atoms with Gasteiger partial charge in [-0.25, -0.2) is 4.98 Å². The fraction of sp³-hybridized carbons (Fsp3) is 0.545. The number of aromatic nitrogens is 1. The number of piperazine rings is 1. The first kappa shape index (κ1) is 20.1. The van der Waals surface area contributed by atoms with Gasteiger partial charge in [0.1, 0.15) is 5.82 Å². The number of anilines is 1. The van der Waals surface area contributed by atoms with E-state index in [1.54, 1.807) is 0 Å². The summed E-state index contributed by atoms with van der Waals surface area (Å²) in [5.41, 5.74) is 9.59. The molecule has 2 aromatic rings. The summed E-state index contributed by atoms with van der Waals surface area (Å²) in [7, 11) is 0. The first-order valence-electron chi connectivity index (χ1n) is 10.5. The Balaban J connectivity index is 1.46. The van der Waals surface area contributed by atoms with Crippen LogP contribution < -0.4 is 10.6 Å². The van der Waals surface area contributed by atoms with E-state index in [0.29, 0.717) is 32.8 Å². The van der Waals surface area contributed by atoms with Gasteiger partial charge in [-0.1, -0.05) is 18.2 Å². The Hall–Kier alpha value is -2.22. The quantitative estimate of drug-likeness (QED) is 0.844. The number of nitrogens with zero attached hydrogens (tertiary/aromatic N) is 4. The second-order valence-electron chi connectivity index (χ2n) is 8.09. The van der Waals surface area contributed by atoms with Crippen LogP contribution in [0, 0.1) is 6.92 Å². The molecule has 7 heteroatoms. The smallest absolute Gasteiger partial charge is 0.236 e. The zero-order valence-electron chi connectivity index (χ0n) is 17.4. The molecule has 7 nitrogen and oxygen atoms in total. The van der Waals surface area contributed by atoms with Crippen LogP contribution in [0.25, 0.3) is 10.9 Å². The van der Waals surface area contributed by atoms with Gasteiger partial charge in [-0.05, 0) is 25.5 Å². The van der Waals surface area contributed by atoms with E-state index in [1.165, 1.54) is 5.56 Å². The lowest BCUT2D eigenvalue weighted by Gasteiger charge is -2.37. The molecule has 29 heavy (non-hydrogen) atoms. The van der Waals surface area contributed by atoms with Crippen LogP contribution in [0.4, 0.5) is 5.82 Å². The number of amides is 1. The summed E-state index contributed by atoms with van der Waals surface area (Å²) < 4.78 is 5.34. The van der Waals surface area contributed by atoms with E-state index in [-0.39, 0.29) is 11.9 Å². The lowest BCUT2D eigenvalue weighted by atomic mass is 10.0. The maximum Gasteiger partial charge on any atom is 0.236 e. The molecule has 1 aromatic carbocycles. The molecule has 2 fully saturated rings. The first-order chi connectivity index (χ1) is 14.0. The number of hydrogen-bond acceptors (Lipinski definition) is 6. The minimum atomic E-state index is -0.0802. The average molecular weight is 398 g/mol. The maximum absolute atomic E-state index is 12.5. The molecule has 4 rings (SSSR count). The highest BCUT2D eigenvalue weighted by Crippen LogP contribution is 2.29. The van der Waals surface area contributed by atoms with E-state index < -0.39 is 0 Å². The van der Waals surface area contributed by atoms with E-state index in [9.17, 15) is 4.79 Å². The number of nitrogens with two attached hydrogens (primary N) is 1. The highest BCUT2D eigenvalue weighted by atomic mass is 16.5. The third-order valence-corrected chi connectivity index (χ3v) is 5.94. The van der Waals surface area contributed by atoms with Crippen molar-refractivity contribution in [3.05, 3.63) is 35.4 Å². The number of para-hydroxylation sites is 1. The van der Waals surface area contributed by atoms with Crippen molar-refractivity contribution in [1.82, 2.24) is 14.8 Å². The number of aryl methyl sites for hydroxylation is 1. The maximum atomic E-state index is 12.5. The van der Waals surface area contributed by atoms with Crippen molar-refractivity contribution in [2.75, 3.05) is 63.9 Å². The Kier molecular flexibility index (Phi) is 5.99. The molecule has 2 N–H and O–H groups in total. The van der Waals surface area contributed by atoms with Crippen molar-refractivity contribution in [3.8, 4) is 0 Å². The van der Waals surface area contributed by atoms with Crippen LogP contribution in [0.3, 0.4) is 0 Å². The van der Waals surface area contributed by atoms with Crippen LogP contribution in [-0.4, -0.2) is 79.7 Å². The molecule has 2 saturated heterocycles. The van der Waals surface area contributed by atoms with Crippen LogP contribution in [0.2, 0.25) is 0 Å². The van der Waals surface area contributed by atoms with E-state index >= 15 is 0 Å². The fourth-order valence-corrected chi connectivity index (χ4v) is 4.16. The Labute approximate surface area is 172 Å². The van der Waals surface area contributed by atoms with Crippen molar-refractivity contribution < 1.29 is 9.53 Å². The van der Waals surface area contributed by atoms with Crippen molar-refractivity contribution in [2.45, 2.75) is 19.9 Å². The molecule has 1 amide bonds. The third kappa shape index (κ3) is 4.37. The van der Waals surface area contributed by atoms with Crippen LogP contribution in [0.5, 0.6) is 0 Å². The second-order valence-corrected chi connectivity index (χ2v) is 8.09. The molecule has 0 bridgehead atoms. The molecule has 0 aliphatic carbocycles. The van der Waals surface area contributed by atoms with Gasteiger partial charge in [-0.2, -0.15) is 0 Å². The van der Waals surface area contributed by atoms with Gasteiger partial charge in [-0.15, -0.1) is 0 Å². The number of benzene rings is 1. The normalized spacial score (nSPS) is 19.6. The van der Waals surface area contributed by atoms with Crippen molar-refractivity contribution in [3.63, 3.8) is 0 Å². The predicted molar refractivity (Wildman–Crippen MR) is 115 cm³/mol. The number of rotatable bonds is 4. The van der Waals surface area contributed by atoms with Gasteiger partial charge in [0, 0.05) is 56.3 Å². The van der Waals surface area contributed by atoms with Gasteiger partial charge < -0.3 is 20.3 Å². The highest BCUT2D eigenvalue weighted by molar-refractivity contribution is 5.85. The molecule has 156 valence electrons. The van der Waals surface area contributed by atoms with E-state index in [1.807, 2.05) is 11.8 Å². The summed E-state index contributed by atoms with van der Waals surface area (Å²) >= 11 is 0. The zero-order valence-corrected chi connectivity index (χ0v) is 17.4. The van der Waals surface area contributed by atoms with Gasteiger partial charge in [0.05, 0.1) is 25.3 Å². The van der Waals surface area contributed by atoms with Gasteiger partial charge >= 0.3 is 0 Å². The van der Waals surface area contributed by atoms with Crippen molar-refractivity contribution in [2.24, 2.45) is 5.73 Å². The molecular weight excluding hydrogens is 366 g/mol. The largest absolute Gasteiger partial charge is 0.378 e. The Morgan fingerprint density at radius 1 is 1.17 bits per heavy atom. The highest BCUT2D eigenvalue weighted by Gasteiger charge is 2.25. The van der Waals surface area contributed by atoms with Crippen LogP contribution >= 0.6 is 0 Å². The Bertz CT molecular complexity index is 871. The fourth-order valence-electron chi connectivity index (χ4n) is 4.16. The number of pyridine rings is 1. The average Bonchev–Trinajstić information content (AvgIpc) is 2.74. The summed E-state index contributed by atoms with van der Waals surface area (Å²) in [6, 6.07) is 8.36. The number of fused-ring (bicyclic) bond motifs is 1. The Morgan fingerprint density at radius 2 is 1.90 bits per heavy atom. The standard InChI is InChI=1S/C22H31N5O2/c1-16-4-3-5-18-14-19(17(2)23)22(24-21(16)18)27-8-6-25(7-9-27)15-20(28)26-10-12-29-13-11-26/h3-5,14,17H,6-13,15,23H2,1-2H3. The topological polar surface area (TPSA) is 74.9 Å². The number of carbonyl (C=O) groups is 1. The number of ether oxygens (including phenoxy) is 1. The van der Waals surface area contributed by atoms with E-state index in [4.69, 9.17) is 15.5 Å². The number of carbonyl (C=O) groups excluding carboxylic acids is 1. The van der Waals surface area contributed by atoms with Gasteiger partial charge in [-0.3, -0.25) is 9.69 Å². The van der Waals surface area contributed by atoms with E-state index in [0.717, 1.165) is 48.5 Å². The lowest BCUT2D eigenvalue weighted by Crippen LogP contribution is -2.52. The summed E-state index contributed by atoms with van der Waals surface area (Å²) in [6.07, 6.45) is 0. The van der Waals surface area contributed by atoms with Gasteiger partial charge in [0.25, 0.3) is 0 Å².